The minimum absolute atomic E-state index is 0.231. The predicted molar refractivity (Wildman–Crippen MR) is 355 cm³/mol. The summed E-state index contributed by atoms with van der Waals surface area (Å²) in [6.07, 6.45) is 8.48. The van der Waals surface area contributed by atoms with Gasteiger partial charge in [0.1, 0.15) is 5.58 Å². The number of furan rings is 1. The summed E-state index contributed by atoms with van der Waals surface area (Å²) in [4.78, 5) is 4.80. The summed E-state index contributed by atoms with van der Waals surface area (Å²) < 4.78 is 42.9. The molecule has 0 saturated carbocycles. The van der Waals surface area contributed by atoms with Crippen LogP contribution in [0.5, 0.6) is 0 Å². The standard InChI is InChI=1S/C79H80N2O7/c1-3-77(53-86-54-77)51-84-45-21-7-19-43-82-49-57-33-37-61(38-34-57)80(59-23-9-5-10-24-59)63-41-42-66-70(47-63)79(68-30-16-13-27-64(68)65-28-14-17-31-69(65)79)71-48-72(76-75(74(66)71)67-29-15-18-32-73(67)88-76)81(60-25-11-6-12-26-60)62-39-35-58(36-40-62)50-83-44-20-8-22-46-85-52-78(4-2)55-87-56-78/h5-6,9-18,23-42,47-48H,3-4,7-8,19-22,43-46,49-56H2,1-2H3. The van der Waals surface area contributed by atoms with Gasteiger partial charge in [0.05, 0.1) is 64.0 Å². The SMILES string of the molecule is CCC1(COCCCCCOCc2ccc(N(c3ccccc3)c3ccc4c(c3)C3(c5ccccc5-c5ccccc53)c3cc(N(c5ccccc5)c5ccc(COCCCCCOCC6(CC)COC6)cc5)c5oc6ccccc6c5c3-4)cc2)COC1. The number of fused-ring (bicyclic) bond motifs is 14. The first-order valence-electron chi connectivity index (χ1n) is 32.2. The Morgan fingerprint density at radius 2 is 0.864 bits per heavy atom. The molecular weight excluding hydrogens is 1090 g/mol. The van der Waals surface area contributed by atoms with Crippen molar-refractivity contribution >= 4 is 56.1 Å². The van der Waals surface area contributed by atoms with Crippen molar-refractivity contribution in [3.8, 4) is 22.3 Å². The summed E-state index contributed by atoms with van der Waals surface area (Å²) in [7, 11) is 0. The fourth-order valence-corrected chi connectivity index (χ4v) is 14.0. The Morgan fingerprint density at radius 1 is 0.398 bits per heavy atom. The van der Waals surface area contributed by atoms with Crippen LogP contribution in [0.1, 0.15) is 98.6 Å². The normalized spacial score (nSPS) is 15.4. The van der Waals surface area contributed by atoms with Crippen molar-refractivity contribution in [2.45, 2.75) is 83.8 Å². The lowest BCUT2D eigenvalue weighted by molar-refractivity contribution is -0.150. The summed E-state index contributed by atoms with van der Waals surface area (Å²) >= 11 is 0. The van der Waals surface area contributed by atoms with E-state index in [0.29, 0.717) is 19.8 Å². The number of para-hydroxylation sites is 3. The number of hydrogen-bond donors (Lipinski definition) is 0. The Balaban J connectivity index is 0.798. The highest BCUT2D eigenvalue weighted by Gasteiger charge is 2.53. The molecule has 1 spiro atoms. The van der Waals surface area contributed by atoms with E-state index in [9.17, 15) is 0 Å². The molecule has 9 heteroatoms. The van der Waals surface area contributed by atoms with Crippen LogP contribution in [0, 0.1) is 10.8 Å². The number of unbranched alkanes of at least 4 members (excludes halogenated alkanes) is 4. The van der Waals surface area contributed by atoms with Crippen LogP contribution < -0.4 is 9.80 Å². The van der Waals surface area contributed by atoms with Crippen molar-refractivity contribution in [2.75, 3.05) is 75.9 Å². The summed E-state index contributed by atoms with van der Waals surface area (Å²) in [5.74, 6) is 0. The topological polar surface area (TPSA) is 75.0 Å². The van der Waals surface area contributed by atoms with E-state index in [4.69, 9.17) is 32.8 Å². The van der Waals surface area contributed by atoms with Gasteiger partial charge in [-0.3, -0.25) is 0 Å². The Morgan fingerprint density at radius 3 is 1.40 bits per heavy atom. The number of rotatable bonds is 28. The molecule has 14 rings (SSSR count). The summed E-state index contributed by atoms with van der Waals surface area (Å²) in [6.45, 7) is 13.5. The van der Waals surface area contributed by atoms with Crippen LogP contribution in [0.2, 0.25) is 0 Å². The predicted octanol–water partition coefficient (Wildman–Crippen LogP) is 19.1. The van der Waals surface area contributed by atoms with Gasteiger partial charge in [-0.15, -0.1) is 0 Å². The van der Waals surface area contributed by atoms with Crippen LogP contribution in [0.15, 0.2) is 211 Å². The first-order chi connectivity index (χ1) is 43.5. The Kier molecular flexibility index (Phi) is 16.9. The van der Waals surface area contributed by atoms with Crippen LogP contribution in [0.4, 0.5) is 34.1 Å². The molecule has 0 unspecified atom stereocenters. The highest BCUT2D eigenvalue weighted by Crippen LogP contribution is 2.66. The molecule has 4 aliphatic rings. The average Bonchev–Trinajstić information content (AvgIpc) is 1.52. The molecule has 2 aliphatic heterocycles. The second kappa shape index (κ2) is 25.7. The molecule has 1 aromatic heterocycles. The third-order valence-corrected chi connectivity index (χ3v) is 19.2. The molecular formula is C79H80N2O7. The van der Waals surface area contributed by atoms with Gasteiger partial charge in [-0.1, -0.05) is 147 Å². The van der Waals surface area contributed by atoms with Crippen molar-refractivity contribution in [1.82, 2.24) is 0 Å². The maximum absolute atomic E-state index is 7.26. The largest absolute Gasteiger partial charge is 0.454 e. The highest BCUT2D eigenvalue weighted by atomic mass is 16.5. The molecule has 0 amide bonds. The highest BCUT2D eigenvalue weighted by molar-refractivity contribution is 6.20. The first kappa shape index (κ1) is 57.9. The minimum Gasteiger partial charge on any atom is -0.454 e. The molecule has 0 radical (unpaired) electrons. The zero-order chi connectivity index (χ0) is 59.3. The molecule has 0 N–H and O–H groups in total. The lowest BCUT2D eigenvalue weighted by Gasteiger charge is -2.40. The smallest absolute Gasteiger partial charge is 0.160 e. The van der Waals surface area contributed by atoms with Gasteiger partial charge < -0.3 is 42.6 Å². The monoisotopic (exact) mass is 1170 g/mol. The zero-order valence-electron chi connectivity index (χ0n) is 51.0. The maximum atomic E-state index is 7.26. The fraction of sp³-hybridized carbons (Fsp3) is 0.316. The fourth-order valence-electron chi connectivity index (χ4n) is 14.0. The van der Waals surface area contributed by atoms with Crippen LogP contribution in [0.25, 0.3) is 44.2 Å². The van der Waals surface area contributed by atoms with E-state index in [0.717, 1.165) is 178 Å². The zero-order valence-corrected chi connectivity index (χ0v) is 51.0. The van der Waals surface area contributed by atoms with Gasteiger partial charge in [0.15, 0.2) is 5.58 Å². The van der Waals surface area contributed by atoms with Crippen molar-refractivity contribution < 1.29 is 32.8 Å². The second-order valence-electron chi connectivity index (χ2n) is 24.9. The molecule has 10 aromatic rings. The second-order valence-corrected chi connectivity index (χ2v) is 24.9. The molecule has 2 fully saturated rings. The van der Waals surface area contributed by atoms with Crippen molar-refractivity contribution in [3.63, 3.8) is 0 Å². The molecule has 9 nitrogen and oxygen atoms in total. The molecule has 2 saturated heterocycles. The van der Waals surface area contributed by atoms with Crippen molar-refractivity contribution in [3.05, 3.63) is 240 Å². The number of benzene rings is 9. The Bertz CT molecular complexity index is 3940. The molecule has 88 heavy (non-hydrogen) atoms. The number of anilines is 6. The van der Waals surface area contributed by atoms with E-state index in [1.165, 1.54) is 44.5 Å². The van der Waals surface area contributed by atoms with E-state index in [1.807, 2.05) is 0 Å². The molecule has 3 heterocycles. The number of ether oxygens (including phenoxy) is 6. The van der Waals surface area contributed by atoms with E-state index in [-0.39, 0.29) is 10.8 Å². The Labute approximate surface area is 518 Å². The van der Waals surface area contributed by atoms with Crippen LogP contribution in [0.3, 0.4) is 0 Å². The average molecular weight is 1170 g/mol. The van der Waals surface area contributed by atoms with Gasteiger partial charge in [0.2, 0.25) is 0 Å². The summed E-state index contributed by atoms with van der Waals surface area (Å²) in [6, 6.07) is 75.8. The van der Waals surface area contributed by atoms with Gasteiger partial charge in [-0.25, -0.2) is 0 Å². The van der Waals surface area contributed by atoms with E-state index < -0.39 is 5.41 Å². The van der Waals surface area contributed by atoms with Crippen LogP contribution in [-0.4, -0.2) is 66.1 Å². The van der Waals surface area contributed by atoms with Gasteiger partial charge in [-0.05, 0) is 180 Å². The quantitative estimate of drug-likeness (QED) is 0.0446. The minimum atomic E-state index is -0.699. The lowest BCUT2D eigenvalue weighted by Crippen LogP contribution is -2.45. The third-order valence-electron chi connectivity index (χ3n) is 19.2. The molecule has 0 atom stereocenters. The molecule has 9 aromatic carbocycles. The van der Waals surface area contributed by atoms with E-state index in [1.54, 1.807) is 0 Å². The number of nitrogens with zero attached hydrogens (tertiary/aromatic N) is 2. The molecule has 2 aliphatic carbocycles. The van der Waals surface area contributed by atoms with E-state index >= 15 is 0 Å². The number of hydrogen-bond acceptors (Lipinski definition) is 9. The van der Waals surface area contributed by atoms with Crippen molar-refractivity contribution in [1.29, 1.82) is 0 Å². The summed E-state index contributed by atoms with van der Waals surface area (Å²) in [5.41, 5.74) is 19.9. The van der Waals surface area contributed by atoms with Crippen LogP contribution >= 0.6 is 0 Å². The van der Waals surface area contributed by atoms with Crippen LogP contribution in [-0.2, 0) is 47.0 Å². The molecule has 448 valence electrons. The van der Waals surface area contributed by atoms with Gasteiger partial charge in [0, 0.05) is 76.5 Å². The summed E-state index contributed by atoms with van der Waals surface area (Å²) in [5, 5.41) is 2.20. The Hall–Kier alpha value is -7.86. The van der Waals surface area contributed by atoms with E-state index in [2.05, 4.69) is 230 Å². The maximum Gasteiger partial charge on any atom is 0.160 e. The van der Waals surface area contributed by atoms with Gasteiger partial charge in [-0.2, -0.15) is 0 Å². The molecule has 0 bridgehead atoms. The third kappa shape index (κ3) is 10.9. The lowest BCUT2D eigenvalue weighted by atomic mass is 9.70. The van der Waals surface area contributed by atoms with Crippen molar-refractivity contribution in [2.24, 2.45) is 10.8 Å². The first-order valence-corrected chi connectivity index (χ1v) is 32.2. The van der Waals surface area contributed by atoms with Gasteiger partial charge >= 0.3 is 0 Å². The van der Waals surface area contributed by atoms with Gasteiger partial charge in [0.25, 0.3) is 0 Å².